The van der Waals surface area contributed by atoms with Crippen LogP contribution in [0.4, 0.5) is 17.1 Å². The van der Waals surface area contributed by atoms with Gasteiger partial charge in [0.25, 0.3) is 0 Å². The van der Waals surface area contributed by atoms with Gasteiger partial charge >= 0.3 is 0 Å². The fraction of sp³-hybridized carbons (Fsp3) is 0. The first-order valence-corrected chi connectivity index (χ1v) is 17.8. The summed E-state index contributed by atoms with van der Waals surface area (Å²) < 4.78 is 17.8. The maximum Gasteiger partial charge on any atom is 0.227 e. The number of oxazole rings is 1. The summed E-state index contributed by atoms with van der Waals surface area (Å²) in [6.45, 7) is 0. The van der Waals surface area contributed by atoms with Crippen molar-refractivity contribution in [2.45, 2.75) is 0 Å². The van der Waals surface area contributed by atoms with Crippen LogP contribution in [0.15, 0.2) is 154 Å². The van der Waals surface area contributed by atoms with Gasteiger partial charge in [0, 0.05) is 69.4 Å². The van der Waals surface area contributed by atoms with E-state index in [-0.39, 0.29) is 0 Å². The third-order valence-electron chi connectivity index (χ3n) is 9.48. The van der Waals surface area contributed by atoms with Gasteiger partial charge in [-0.1, -0.05) is 72.8 Å². The van der Waals surface area contributed by atoms with E-state index in [1.807, 2.05) is 53.8 Å². The van der Waals surface area contributed by atoms with Crippen LogP contribution < -0.4 is 4.90 Å². The molecule has 0 atom stereocenters. The second-order valence-electron chi connectivity index (χ2n) is 12.3. The normalized spacial score (nSPS) is 12.1. The van der Waals surface area contributed by atoms with Gasteiger partial charge in [-0.25, -0.2) is 4.98 Å². The van der Waals surface area contributed by atoms with Crippen molar-refractivity contribution >= 4 is 113 Å². The summed E-state index contributed by atoms with van der Waals surface area (Å²) in [7, 11) is 0. The highest BCUT2D eigenvalue weighted by Crippen LogP contribution is 2.50. The van der Waals surface area contributed by atoms with E-state index in [1.165, 1.54) is 30.3 Å². The van der Waals surface area contributed by atoms with Gasteiger partial charge in [-0.05, 0) is 66.7 Å². The minimum atomic E-state index is 0.619. The molecule has 0 aliphatic heterocycles. The quantitative estimate of drug-likeness (QED) is 0.188. The standard InChI is InChI=1S/C43H24N2O2S2/c1-2-10-25(11-3-1)43-44-41-36(47-43)24-33(42-40(41)30-14-6-9-17-38(30)49-42)45(26-18-20-35-31(22-26)28-12-4-7-15-34(28)46-35)27-19-21-39-32(23-27)29-13-5-8-16-37(29)48-39/h1-24H. The molecule has 0 N–H and O–H groups in total. The molecule has 0 radical (unpaired) electrons. The van der Waals surface area contributed by atoms with E-state index in [0.717, 1.165) is 65.7 Å². The summed E-state index contributed by atoms with van der Waals surface area (Å²) in [5, 5.41) is 6.99. The first-order valence-electron chi connectivity index (χ1n) is 16.2. The topological polar surface area (TPSA) is 42.4 Å². The number of furan rings is 1. The number of thiophene rings is 2. The van der Waals surface area contributed by atoms with Gasteiger partial charge in [0.2, 0.25) is 5.89 Å². The van der Waals surface area contributed by atoms with Crippen LogP contribution in [0.5, 0.6) is 0 Å². The van der Waals surface area contributed by atoms with Crippen molar-refractivity contribution in [3.63, 3.8) is 0 Å². The molecule has 0 amide bonds. The molecule has 0 spiro atoms. The molecule has 11 aromatic rings. The summed E-state index contributed by atoms with van der Waals surface area (Å²) in [6.07, 6.45) is 0. The number of aromatic nitrogens is 1. The first-order chi connectivity index (χ1) is 24.3. The Bertz CT molecular complexity index is 2960. The second-order valence-corrected chi connectivity index (χ2v) is 14.5. The molecule has 0 fully saturated rings. The third-order valence-corrected chi connectivity index (χ3v) is 11.8. The Morgan fingerprint density at radius 2 is 1.12 bits per heavy atom. The molecule has 4 aromatic heterocycles. The van der Waals surface area contributed by atoms with Crippen LogP contribution in [-0.2, 0) is 0 Å². The molecule has 0 saturated heterocycles. The van der Waals surface area contributed by atoms with E-state index in [2.05, 4.69) is 108 Å². The smallest absolute Gasteiger partial charge is 0.227 e. The lowest BCUT2D eigenvalue weighted by atomic mass is 10.1. The van der Waals surface area contributed by atoms with Gasteiger partial charge in [-0.2, -0.15) is 0 Å². The van der Waals surface area contributed by atoms with Crippen LogP contribution in [-0.4, -0.2) is 4.98 Å². The molecule has 4 heterocycles. The Labute approximate surface area is 287 Å². The van der Waals surface area contributed by atoms with E-state index < -0.39 is 0 Å². The van der Waals surface area contributed by atoms with Crippen LogP contribution in [0.1, 0.15) is 0 Å². The Balaban J connectivity index is 1.25. The van der Waals surface area contributed by atoms with Gasteiger partial charge < -0.3 is 13.7 Å². The molecule has 0 unspecified atom stereocenters. The zero-order valence-electron chi connectivity index (χ0n) is 25.9. The number of hydrogen-bond donors (Lipinski definition) is 0. The van der Waals surface area contributed by atoms with Gasteiger partial charge in [-0.3, -0.25) is 0 Å². The van der Waals surface area contributed by atoms with Crippen LogP contribution in [0, 0.1) is 0 Å². The molecule has 4 nitrogen and oxygen atoms in total. The van der Waals surface area contributed by atoms with E-state index in [0.29, 0.717) is 5.89 Å². The van der Waals surface area contributed by atoms with Crippen molar-refractivity contribution in [3.8, 4) is 11.5 Å². The lowest BCUT2D eigenvalue weighted by Gasteiger charge is -2.26. The highest BCUT2D eigenvalue weighted by molar-refractivity contribution is 7.26. The Hall–Kier alpha value is -5.95. The van der Waals surface area contributed by atoms with E-state index in [9.17, 15) is 0 Å². The second kappa shape index (κ2) is 10.3. The molecule has 0 aliphatic rings. The molecule has 7 aromatic carbocycles. The average Bonchev–Trinajstić information content (AvgIpc) is 3.93. The third kappa shape index (κ3) is 4.05. The van der Waals surface area contributed by atoms with E-state index >= 15 is 0 Å². The Morgan fingerprint density at radius 1 is 0.469 bits per heavy atom. The van der Waals surface area contributed by atoms with Crippen molar-refractivity contribution in [2.24, 2.45) is 0 Å². The van der Waals surface area contributed by atoms with Gasteiger partial charge in [0.15, 0.2) is 5.58 Å². The zero-order chi connectivity index (χ0) is 32.1. The maximum atomic E-state index is 6.63. The summed E-state index contributed by atoms with van der Waals surface area (Å²) in [5.41, 5.74) is 7.51. The van der Waals surface area contributed by atoms with Crippen molar-refractivity contribution < 1.29 is 8.83 Å². The highest BCUT2D eigenvalue weighted by Gasteiger charge is 2.24. The molecule has 0 bridgehead atoms. The number of rotatable bonds is 4. The average molecular weight is 665 g/mol. The minimum absolute atomic E-state index is 0.619. The SMILES string of the molecule is c1ccc(-c2nc3c(cc(N(c4ccc5oc6ccccc6c5c4)c4ccc5sc6ccccc6c5c4)c4sc5ccccc5c43)o2)cc1. The predicted octanol–water partition coefficient (Wildman–Crippen LogP) is 13.6. The first kappa shape index (κ1) is 27.0. The summed E-state index contributed by atoms with van der Waals surface area (Å²) in [5.74, 6) is 0.619. The fourth-order valence-corrected chi connectivity index (χ4v) is 9.56. The largest absolute Gasteiger partial charge is 0.456 e. The fourth-order valence-electron chi connectivity index (χ4n) is 7.26. The Morgan fingerprint density at radius 3 is 1.98 bits per heavy atom. The molecule has 0 aliphatic carbocycles. The number of anilines is 3. The molecular formula is C43H24N2O2S2. The lowest BCUT2D eigenvalue weighted by molar-refractivity contribution is 0.620. The molecule has 49 heavy (non-hydrogen) atoms. The zero-order valence-corrected chi connectivity index (χ0v) is 27.5. The summed E-state index contributed by atoms with van der Waals surface area (Å²) in [4.78, 5) is 7.51. The molecule has 11 rings (SSSR count). The molecular weight excluding hydrogens is 641 g/mol. The van der Waals surface area contributed by atoms with Gasteiger partial charge in [0.1, 0.15) is 16.7 Å². The number of fused-ring (bicyclic) bond motifs is 11. The molecule has 6 heteroatoms. The summed E-state index contributed by atoms with van der Waals surface area (Å²) in [6, 6.07) is 51.2. The minimum Gasteiger partial charge on any atom is -0.456 e. The van der Waals surface area contributed by atoms with Crippen molar-refractivity contribution in [1.82, 2.24) is 4.98 Å². The lowest BCUT2D eigenvalue weighted by Crippen LogP contribution is -2.10. The molecule has 230 valence electrons. The van der Waals surface area contributed by atoms with Gasteiger partial charge in [-0.15, -0.1) is 22.7 Å². The van der Waals surface area contributed by atoms with E-state index in [1.54, 1.807) is 11.3 Å². The number of nitrogens with zero attached hydrogens (tertiary/aromatic N) is 2. The van der Waals surface area contributed by atoms with Crippen LogP contribution >= 0.6 is 22.7 Å². The van der Waals surface area contributed by atoms with Crippen LogP contribution in [0.3, 0.4) is 0 Å². The van der Waals surface area contributed by atoms with Crippen molar-refractivity contribution in [2.75, 3.05) is 4.90 Å². The monoisotopic (exact) mass is 664 g/mol. The van der Waals surface area contributed by atoms with Gasteiger partial charge in [0.05, 0.1) is 10.4 Å². The van der Waals surface area contributed by atoms with Crippen molar-refractivity contribution in [1.29, 1.82) is 0 Å². The van der Waals surface area contributed by atoms with Crippen LogP contribution in [0.2, 0.25) is 0 Å². The summed E-state index contributed by atoms with van der Waals surface area (Å²) >= 11 is 3.64. The predicted molar refractivity (Wildman–Crippen MR) is 207 cm³/mol. The number of hydrogen-bond acceptors (Lipinski definition) is 6. The van der Waals surface area contributed by atoms with E-state index in [4.69, 9.17) is 13.8 Å². The Kier molecular flexibility index (Phi) is 5.67. The maximum absolute atomic E-state index is 6.63. The number of benzene rings is 7. The highest BCUT2D eigenvalue weighted by atomic mass is 32.1. The van der Waals surface area contributed by atoms with Crippen LogP contribution in [0.25, 0.3) is 84.8 Å². The molecule has 0 saturated carbocycles. The number of para-hydroxylation sites is 1. The van der Waals surface area contributed by atoms with Crippen molar-refractivity contribution in [3.05, 3.63) is 146 Å².